The third-order valence-electron chi connectivity index (χ3n) is 2.29. The van der Waals surface area contributed by atoms with Gasteiger partial charge in [0, 0.05) is 9.79 Å². The molecule has 0 aliphatic rings. The Morgan fingerprint density at radius 1 is 1.00 bits per heavy atom. The predicted octanol–water partition coefficient (Wildman–Crippen LogP) is 3.43. The molecule has 0 bridgehead atoms. The maximum atomic E-state index is 5.47. The third kappa shape index (κ3) is 2.56. The number of benzene rings is 2. The maximum Gasteiger partial charge on any atom is 0.0624 e. The minimum Gasteiger partial charge on any atom is -0.323 e. The first-order chi connectivity index (χ1) is 7.79. The summed E-state index contributed by atoms with van der Waals surface area (Å²) in [5.74, 6) is 5.47. The summed E-state index contributed by atoms with van der Waals surface area (Å²) in [4.78, 5) is 2.35. The number of hydrogen-bond acceptors (Lipinski definition) is 3. The molecule has 0 saturated heterocycles. The molecule has 2 rings (SSSR count). The highest BCUT2D eigenvalue weighted by Gasteiger charge is 2.01. The smallest absolute Gasteiger partial charge is 0.0624 e. The molecule has 0 fully saturated rings. The van der Waals surface area contributed by atoms with Gasteiger partial charge < -0.3 is 5.43 Å². The second-order valence-corrected chi connectivity index (χ2v) is 4.67. The van der Waals surface area contributed by atoms with Gasteiger partial charge in [0.15, 0.2) is 0 Å². The summed E-state index contributed by atoms with van der Waals surface area (Å²) in [5.41, 5.74) is 4.93. The Balaban J connectivity index is 2.23. The molecule has 0 heterocycles. The molecule has 0 spiro atoms. The topological polar surface area (TPSA) is 38.0 Å². The van der Waals surface area contributed by atoms with E-state index in [9.17, 15) is 0 Å². The number of nitrogen functional groups attached to an aromatic ring is 1. The van der Waals surface area contributed by atoms with E-state index in [1.54, 1.807) is 11.8 Å². The summed E-state index contributed by atoms with van der Waals surface area (Å²) >= 11 is 1.70. The molecule has 0 aliphatic carbocycles. The van der Waals surface area contributed by atoms with E-state index in [-0.39, 0.29) is 0 Å². The van der Waals surface area contributed by atoms with Crippen LogP contribution in [0, 0.1) is 6.92 Å². The Kier molecular flexibility index (Phi) is 3.49. The first-order valence-electron chi connectivity index (χ1n) is 5.10. The highest BCUT2D eigenvalue weighted by molar-refractivity contribution is 7.99. The minimum absolute atomic E-state index is 0.952. The minimum atomic E-state index is 0.952. The molecule has 0 aliphatic heterocycles. The van der Waals surface area contributed by atoms with Crippen LogP contribution < -0.4 is 11.3 Å². The Morgan fingerprint density at radius 3 is 2.38 bits per heavy atom. The van der Waals surface area contributed by atoms with Crippen LogP contribution >= 0.6 is 11.8 Å². The Bertz CT molecular complexity index is 466. The van der Waals surface area contributed by atoms with Gasteiger partial charge >= 0.3 is 0 Å². The van der Waals surface area contributed by atoms with Crippen LogP contribution in [0.5, 0.6) is 0 Å². The van der Waals surface area contributed by atoms with Crippen molar-refractivity contribution < 1.29 is 0 Å². The fraction of sp³-hybridized carbons (Fsp3) is 0.0769. The van der Waals surface area contributed by atoms with Gasteiger partial charge in [-0.05, 0) is 31.2 Å². The number of rotatable bonds is 3. The molecule has 2 aromatic rings. The van der Waals surface area contributed by atoms with Gasteiger partial charge in [-0.1, -0.05) is 41.6 Å². The predicted molar refractivity (Wildman–Crippen MR) is 69.6 cm³/mol. The lowest BCUT2D eigenvalue weighted by molar-refractivity contribution is 1.28. The Hall–Kier alpha value is -1.45. The van der Waals surface area contributed by atoms with Crippen molar-refractivity contribution in [3.63, 3.8) is 0 Å². The van der Waals surface area contributed by atoms with Crippen LogP contribution in [0.1, 0.15) is 5.56 Å². The molecule has 2 aromatic carbocycles. The summed E-state index contributed by atoms with van der Waals surface area (Å²) < 4.78 is 0. The average molecular weight is 230 g/mol. The van der Waals surface area contributed by atoms with Gasteiger partial charge in [0.2, 0.25) is 0 Å². The van der Waals surface area contributed by atoms with Crippen LogP contribution in [0.2, 0.25) is 0 Å². The number of aryl methyl sites for hydroxylation is 1. The average Bonchev–Trinajstić information content (AvgIpc) is 2.33. The summed E-state index contributed by atoms with van der Waals surface area (Å²) in [6, 6.07) is 16.5. The molecule has 2 nitrogen and oxygen atoms in total. The van der Waals surface area contributed by atoms with Gasteiger partial charge in [-0.3, -0.25) is 5.84 Å². The fourth-order valence-electron chi connectivity index (χ4n) is 1.41. The molecule has 0 saturated carbocycles. The quantitative estimate of drug-likeness (QED) is 0.626. The van der Waals surface area contributed by atoms with Crippen LogP contribution in [0.4, 0.5) is 5.69 Å². The Morgan fingerprint density at radius 2 is 1.69 bits per heavy atom. The standard InChI is InChI=1S/C13H14N2S/c1-10-6-8-11(9-7-10)16-13-5-3-2-4-12(13)15-14/h2-9,15H,14H2,1H3. The van der Waals surface area contributed by atoms with Gasteiger partial charge in [0.05, 0.1) is 5.69 Å². The third-order valence-corrected chi connectivity index (χ3v) is 3.38. The van der Waals surface area contributed by atoms with E-state index in [0.29, 0.717) is 0 Å². The molecule has 0 unspecified atom stereocenters. The number of anilines is 1. The highest BCUT2D eigenvalue weighted by atomic mass is 32.2. The largest absolute Gasteiger partial charge is 0.323 e. The number of para-hydroxylation sites is 1. The summed E-state index contributed by atoms with van der Waals surface area (Å²) in [6.45, 7) is 2.09. The van der Waals surface area contributed by atoms with E-state index in [0.717, 1.165) is 10.6 Å². The lowest BCUT2D eigenvalue weighted by Crippen LogP contribution is -2.07. The van der Waals surface area contributed by atoms with Crippen molar-refractivity contribution in [1.29, 1.82) is 0 Å². The van der Waals surface area contributed by atoms with E-state index in [4.69, 9.17) is 5.84 Å². The monoisotopic (exact) mass is 230 g/mol. The summed E-state index contributed by atoms with van der Waals surface area (Å²) in [7, 11) is 0. The lowest BCUT2D eigenvalue weighted by atomic mass is 10.2. The lowest BCUT2D eigenvalue weighted by Gasteiger charge is -2.07. The molecule has 0 atom stereocenters. The number of hydrazine groups is 1. The zero-order valence-electron chi connectivity index (χ0n) is 9.10. The molecule has 0 radical (unpaired) electrons. The van der Waals surface area contributed by atoms with Crippen molar-refractivity contribution >= 4 is 17.4 Å². The second kappa shape index (κ2) is 5.05. The first kappa shape index (κ1) is 11.0. The maximum absolute atomic E-state index is 5.47. The molecule has 0 aromatic heterocycles. The number of nitrogens with two attached hydrogens (primary N) is 1. The highest BCUT2D eigenvalue weighted by Crippen LogP contribution is 2.32. The number of nitrogens with one attached hydrogen (secondary N) is 1. The van der Waals surface area contributed by atoms with Crippen LogP contribution in [0.25, 0.3) is 0 Å². The number of hydrogen-bond donors (Lipinski definition) is 2. The van der Waals surface area contributed by atoms with Crippen molar-refractivity contribution in [2.24, 2.45) is 5.84 Å². The molecule has 3 heteroatoms. The van der Waals surface area contributed by atoms with E-state index in [1.807, 2.05) is 18.2 Å². The van der Waals surface area contributed by atoms with Crippen molar-refractivity contribution in [1.82, 2.24) is 0 Å². The van der Waals surface area contributed by atoms with E-state index >= 15 is 0 Å². The van der Waals surface area contributed by atoms with Crippen molar-refractivity contribution in [3.8, 4) is 0 Å². The fourth-order valence-corrected chi connectivity index (χ4v) is 2.32. The molecular formula is C13H14N2S. The van der Waals surface area contributed by atoms with Gasteiger partial charge in [0.1, 0.15) is 0 Å². The summed E-state index contributed by atoms with van der Waals surface area (Å²) in [6.07, 6.45) is 0. The first-order valence-corrected chi connectivity index (χ1v) is 5.91. The van der Waals surface area contributed by atoms with Crippen LogP contribution in [-0.4, -0.2) is 0 Å². The van der Waals surface area contributed by atoms with Crippen molar-refractivity contribution in [3.05, 3.63) is 54.1 Å². The van der Waals surface area contributed by atoms with Gasteiger partial charge in [0.25, 0.3) is 0 Å². The Labute approximate surface area is 99.8 Å². The summed E-state index contributed by atoms with van der Waals surface area (Å²) in [5, 5.41) is 0. The molecular weight excluding hydrogens is 216 g/mol. The van der Waals surface area contributed by atoms with Crippen molar-refractivity contribution in [2.45, 2.75) is 16.7 Å². The van der Waals surface area contributed by atoms with Gasteiger partial charge in [-0.15, -0.1) is 0 Å². The SMILES string of the molecule is Cc1ccc(Sc2ccccc2NN)cc1. The van der Waals surface area contributed by atoms with Gasteiger partial charge in [-0.2, -0.15) is 0 Å². The second-order valence-electron chi connectivity index (χ2n) is 3.56. The van der Waals surface area contributed by atoms with Crippen molar-refractivity contribution in [2.75, 3.05) is 5.43 Å². The van der Waals surface area contributed by atoms with Crippen LogP contribution in [0.3, 0.4) is 0 Å². The molecule has 3 N–H and O–H groups in total. The normalized spacial score (nSPS) is 10.1. The van der Waals surface area contributed by atoms with Crippen LogP contribution in [-0.2, 0) is 0 Å². The van der Waals surface area contributed by atoms with E-state index in [1.165, 1.54) is 10.5 Å². The molecule has 16 heavy (non-hydrogen) atoms. The van der Waals surface area contributed by atoms with Crippen LogP contribution in [0.15, 0.2) is 58.3 Å². The zero-order chi connectivity index (χ0) is 11.4. The van der Waals surface area contributed by atoms with E-state index in [2.05, 4.69) is 42.7 Å². The molecule has 0 amide bonds. The van der Waals surface area contributed by atoms with Gasteiger partial charge in [-0.25, -0.2) is 0 Å². The zero-order valence-corrected chi connectivity index (χ0v) is 9.92. The molecule has 82 valence electrons. The van der Waals surface area contributed by atoms with E-state index < -0.39 is 0 Å².